The first-order chi connectivity index (χ1) is 9.47. The van der Waals surface area contributed by atoms with Crippen LogP contribution in [0, 0.1) is 6.92 Å². The molecule has 0 unspecified atom stereocenters. The molecule has 0 saturated carbocycles. The zero-order chi connectivity index (χ0) is 14.7. The molecule has 0 spiro atoms. The van der Waals surface area contributed by atoms with Gasteiger partial charge in [-0.05, 0) is 36.1 Å². The van der Waals surface area contributed by atoms with Crippen LogP contribution in [0.4, 0.5) is 0 Å². The highest BCUT2D eigenvalue weighted by atomic mass is 16.5. The predicted octanol–water partition coefficient (Wildman–Crippen LogP) is 1.53. The van der Waals surface area contributed by atoms with E-state index in [-0.39, 0.29) is 0 Å². The summed E-state index contributed by atoms with van der Waals surface area (Å²) >= 11 is 0. The van der Waals surface area contributed by atoms with Crippen molar-refractivity contribution >= 4 is 0 Å². The van der Waals surface area contributed by atoms with Crippen molar-refractivity contribution in [2.45, 2.75) is 38.9 Å². The molecule has 20 heavy (non-hydrogen) atoms. The van der Waals surface area contributed by atoms with Crippen molar-refractivity contribution in [2.75, 3.05) is 26.2 Å². The largest absolute Gasteiger partial charge is 0.492 e. The monoisotopic (exact) mass is 279 g/mol. The van der Waals surface area contributed by atoms with Crippen molar-refractivity contribution in [1.82, 2.24) is 4.90 Å². The number of benzene rings is 1. The first kappa shape index (κ1) is 15.3. The van der Waals surface area contributed by atoms with Gasteiger partial charge in [-0.2, -0.15) is 0 Å². The molecule has 1 aliphatic heterocycles. The van der Waals surface area contributed by atoms with Crippen molar-refractivity contribution in [3.63, 3.8) is 0 Å². The van der Waals surface area contributed by atoms with Gasteiger partial charge in [-0.25, -0.2) is 0 Å². The molecule has 1 fully saturated rings. The van der Waals surface area contributed by atoms with Crippen LogP contribution in [0.15, 0.2) is 18.2 Å². The molecule has 1 heterocycles. The lowest BCUT2D eigenvalue weighted by Crippen LogP contribution is -2.27. The lowest BCUT2D eigenvalue weighted by atomic mass is 9.98. The van der Waals surface area contributed by atoms with Gasteiger partial charge in [0.1, 0.15) is 12.4 Å². The smallest absolute Gasteiger partial charge is 0.119 e. The van der Waals surface area contributed by atoms with E-state index in [9.17, 15) is 10.2 Å². The highest BCUT2D eigenvalue weighted by Gasteiger charge is 2.28. The number of aryl methyl sites for hydroxylation is 1. The summed E-state index contributed by atoms with van der Waals surface area (Å²) < 4.78 is 5.75. The number of hydrogen-bond donors (Lipinski definition) is 2. The van der Waals surface area contributed by atoms with Gasteiger partial charge in [0, 0.05) is 19.6 Å². The Kier molecular flexibility index (Phi) is 5.02. The third-order valence-corrected chi connectivity index (χ3v) is 3.87. The maximum absolute atomic E-state index is 9.47. The van der Waals surface area contributed by atoms with Gasteiger partial charge in [-0.15, -0.1) is 0 Å². The van der Waals surface area contributed by atoms with Crippen molar-refractivity contribution in [2.24, 2.45) is 0 Å². The molecule has 1 aliphatic rings. The number of β-amino-alcohol motifs (C(OH)–C–C–N with tert-alkyl or cyclic N) is 2. The van der Waals surface area contributed by atoms with Gasteiger partial charge in [0.15, 0.2) is 0 Å². The quantitative estimate of drug-likeness (QED) is 0.858. The fourth-order valence-corrected chi connectivity index (χ4v) is 2.71. The van der Waals surface area contributed by atoms with Crippen LogP contribution in [-0.2, 0) is 0 Å². The highest BCUT2D eigenvalue weighted by Crippen LogP contribution is 2.23. The van der Waals surface area contributed by atoms with E-state index in [1.54, 1.807) is 0 Å². The third kappa shape index (κ3) is 3.72. The standard InChI is InChI=1S/C16H25NO3/c1-11(2)14-5-4-13(8-12(14)3)20-7-6-17-9-15(18)16(19)10-17/h4-5,8,11,15-16,18-19H,6-7,9-10H2,1-3H3/t15-,16+. The Morgan fingerprint density at radius 3 is 2.45 bits per heavy atom. The number of ether oxygens (including phenoxy) is 1. The first-order valence-electron chi connectivity index (χ1n) is 7.29. The van der Waals surface area contributed by atoms with Gasteiger partial charge in [-0.1, -0.05) is 19.9 Å². The highest BCUT2D eigenvalue weighted by molar-refractivity contribution is 5.36. The van der Waals surface area contributed by atoms with Crippen LogP contribution >= 0.6 is 0 Å². The number of hydrogen-bond acceptors (Lipinski definition) is 4. The van der Waals surface area contributed by atoms with Gasteiger partial charge in [0.25, 0.3) is 0 Å². The molecular formula is C16H25NO3. The Labute approximate surface area is 121 Å². The number of aliphatic hydroxyl groups excluding tert-OH is 2. The molecule has 0 amide bonds. The van der Waals surface area contributed by atoms with Crippen LogP contribution in [0.25, 0.3) is 0 Å². The maximum atomic E-state index is 9.47. The van der Waals surface area contributed by atoms with Crippen LogP contribution in [0.1, 0.15) is 30.9 Å². The lowest BCUT2D eigenvalue weighted by Gasteiger charge is -2.16. The number of aliphatic hydroxyl groups is 2. The molecule has 1 saturated heterocycles. The molecule has 4 nitrogen and oxygen atoms in total. The molecule has 1 aromatic rings. The molecule has 2 N–H and O–H groups in total. The molecule has 4 heteroatoms. The lowest BCUT2D eigenvalue weighted by molar-refractivity contribution is 0.0572. The van der Waals surface area contributed by atoms with Gasteiger partial charge in [0.05, 0.1) is 12.2 Å². The molecule has 1 aromatic carbocycles. The van der Waals surface area contributed by atoms with E-state index in [2.05, 4.69) is 32.9 Å². The molecule has 0 radical (unpaired) electrons. The fraction of sp³-hybridized carbons (Fsp3) is 0.625. The average Bonchev–Trinajstić information content (AvgIpc) is 2.68. The Balaban J connectivity index is 1.81. The van der Waals surface area contributed by atoms with Gasteiger partial charge in [0.2, 0.25) is 0 Å². The number of nitrogens with zero attached hydrogens (tertiary/aromatic N) is 1. The fourth-order valence-electron chi connectivity index (χ4n) is 2.71. The Hall–Kier alpha value is -1.10. The van der Waals surface area contributed by atoms with E-state index in [4.69, 9.17) is 4.74 Å². The van der Waals surface area contributed by atoms with E-state index in [1.165, 1.54) is 11.1 Å². The molecule has 2 atom stereocenters. The minimum absolute atomic E-state index is 0.524. The van der Waals surface area contributed by atoms with E-state index < -0.39 is 12.2 Å². The second-order valence-corrected chi connectivity index (χ2v) is 5.92. The number of rotatable bonds is 5. The summed E-state index contributed by atoms with van der Waals surface area (Å²) in [6.07, 6.45) is -1.25. The summed E-state index contributed by atoms with van der Waals surface area (Å²) in [6, 6.07) is 6.21. The van der Waals surface area contributed by atoms with Crippen LogP contribution < -0.4 is 4.74 Å². The topological polar surface area (TPSA) is 52.9 Å². The van der Waals surface area contributed by atoms with Crippen LogP contribution in [0.2, 0.25) is 0 Å². The Bertz CT molecular complexity index is 437. The SMILES string of the molecule is Cc1cc(OCCN2C[C@@H](O)[C@@H](O)C2)ccc1C(C)C. The van der Waals surface area contributed by atoms with Gasteiger partial charge >= 0.3 is 0 Å². The van der Waals surface area contributed by atoms with Crippen LogP contribution in [0.5, 0.6) is 5.75 Å². The van der Waals surface area contributed by atoms with Gasteiger partial charge < -0.3 is 14.9 Å². The predicted molar refractivity (Wildman–Crippen MR) is 79.2 cm³/mol. The number of likely N-dealkylation sites (tertiary alicyclic amines) is 1. The van der Waals surface area contributed by atoms with Crippen LogP contribution in [-0.4, -0.2) is 53.6 Å². The minimum atomic E-state index is -0.623. The van der Waals surface area contributed by atoms with E-state index >= 15 is 0 Å². The summed E-state index contributed by atoms with van der Waals surface area (Å²) in [5.74, 6) is 1.41. The summed E-state index contributed by atoms with van der Waals surface area (Å²) in [5.41, 5.74) is 2.60. The van der Waals surface area contributed by atoms with E-state index in [0.29, 0.717) is 25.6 Å². The minimum Gasteiger partial charge on any atom is -0.492 e. The Morgan fingerprint density at radius 2 is 1.90 bits per heavy atom. The normalized spacial score (nSPS) is 23.5. The van der Waals surface area contributed by atoms with Crippen molar-refractivity contribution in [3.05, 3.63) is 29.3 Å². The average molecular weight is 279 g/mol. The van der Waals surface area contributed by atoms with Crippen molar-refractivity contribution in [1.29, 1.82) is 0 Å². The zero-order valence-electron chi connectivity index (χ0n) is 12.5. The summed E-state index contributed by atoms with van der Waals surface area (Å²) in [6.45, 7) is 8.82. The molecular weight excluding hydrogens is 254 g/mol. The van der Waals surface area contributed by atoms with Gasteiger partial charge in [-0.3, -0.25) is 4.90 Å². The molecule has 0 aliphatic carbocycles. The molecule has 112 valence electrons. The van der Waals surface area contributed by atoms with Crippen molar-refractivity contribution < 1.29 is 14.9 Å². The van der Waals surface area contributed by atoms with E-state index in [1.807, 2.05) is 11.0 Å². The Morgan fingerprint density at radius 1 is 1.25 bits per heavy atom. The summed E-state index contributed by atoms with van der Waals surface area (Å²) in [5, 5.41) is 18.9. The third-order valence-electron chi connectivity index (χ3n) is 3.87. The van der Waals surface area contributed by atoms with Crippen molar-refractivity contribution in [3.8, 4) is 5.75 Å². The summed E-state index contributed by atoms with van der Waals surface area (Å²) in [4.78, 5) is 2.02. The maximum Gasteiger partial charge on any atom is 0.119 e. The van der Waals surface area contributed by atoms with E-state index in [0.717, 1.165) is 12.3 Å². The molecule has 2 rings (SSSR count). The first-order valence-corrected chi connectivity index (χ1v) is 7.29. The molecule has 0 aromatic heterocycles. The second kappa shape index (κ2) is 6.57. The second-order valence-electron chi connectivity index (χ2n) is 5.92. The summed E-state index contributed by atoms with van der Waals surface area (Å²) in [7, 11) is 0. The zero-order valence-corrected chi connectivity index (χ0v) is 12.5. The molecule has 0 bridgehead atoms. The van der Waals surface area contributed by atoms with Crippen LogP contribution in [0.3, 0.4) is 0 Å².